The average Bonchev–Trinajstić information content (AvgIpc) is 3.15. The van der Waals surface area contributed by atoms with Gasteiger partial charge in [-0.2, -0.15) is 5.10 Å². The van der Waals surface area contributed by atoms with Crippen LogP contribution in [0.2, 0.25) is 0 Å². The summed E-state index contributed by atoms with van der Waals surface area (Å²) in [6, 6.07) is 0. The third kappa shape index (κ3) is 2.96. The Labute approximate surface area is 146 Å². The number of aliphatic hydroxyl groups excluding tert-OH is 1. The first-order chi connectivity index (χ1) is 11.9. The molecule has 0 spiro atoms. The van der Waals surface area contributed by atoms with Crippen molar-refractivity contribution in [3.63, 3.8) is 0 Å². The first-order valence-corrected chi connectivity index (χ1v) is 8.40. The fourth-order valence-corrected chi connectivity index (χ4v) is 4.01. The summed E-state index contributed by atoms with van der Waals surface area (Å²) in [5, 5.41) is 23.2. The molecule has 0 saturated carbocycles. The Morgan fingerprint density at radius 3 is 2.88 bits per heavy atom. The van der Waals surface area contributed by atoms with Crippen molar-refractivity contribution in [2.75, 3.05) is 32.8 Å². The molecule has 2 atom stereocenters. The smallest absolute Gasteiger partial charge is 0.313 e. The number of hydrogen-bond donors (Lipinski definition) is 2. The number of nitrogens with zero attached hydrogens (tertiary/aromatic N) is 4. The lowest BCUT2D eigenvalue weighted by molar-refractivity contribution is -0.149. The van der Waals surface area contributed by atoms with Gasteiger partial charge >= 0.3 is 5.97 Å². The molecule has 2 aliphatic heterocycles. The lowest BCUT2D eigenvalue weighted by atomic mass is 9.81. The van der Waals surface area contributed by atoms with Crippen molar-refractivity contribution in [1.29, 1.82) is 0 Å². The normalized spacial score (nSPS) is 26.2. The molecule has 136 valence electrons. The van der Waals surface area contributed by atoms with Crippen LogP contribution in [0.1, 0.15) is 11.3 Å². The number of aryl methyl sites for hydroxylation is 1. The molecule has 3 rings (SSSR count). The Hall–Kier alpha value is -2.19. The summed E-state index contributed by atoms with van der Waals surface area (Å²) in [6.07, 6.45) is 3.50. The minimum Gasteiger partial charge on any atom is -0.481 e. The van der Waals surface area contributed by atoms with Gasteiger partial charge in [0.25, 0.3) is 0 Å². The highest BCUT2D eigenvalue weighted by atomic mass is 16.4. The summed E-state index contributed by atoms with van der Waals surface area (Å²) in [5.74, 6) is -1.53. The minimum absolute atomic E-state index is 0.0160. The Balaban J connectivity index is 1.77. The van der Waals surface area contributed by atoms with Gasteiger partial charge in [0.05, 0.1) is 24.8 Å². The Morgan fingerprint density at radius 2 is 2.28 bits per heavy atom. The lowest BCUT2D eigenvalue weighted by Crippen LogP contribution is -2.40. The molecular weight excluding hydrogens is 324 g/mol. The van der Waals surface area contributed by atoms with Crippen LogP contribution in [0.5, 0.6) is 0 Å². The number of aromatic nitrogens is 2. The van der Waals surface area contributed by atoms with E-state index in [4.69, 9.17) is 5.11 Å². The second-order valence-corrected chi connectivity index (χ2v) is 6.92. The van der Waals surface area contributed by atoms with E-state index in [0.29, 0.717) is 32.7 Å². The van der Waals surface area contributed by atoms with Crippen LogP contribution < -0.4 is 0 Å². The van der Waals surface area contributed by atoms with E-state index in [1.165, 1.54) is 0 Å². The van der Waals surface area contributed by atoms with Gasteiger partial charge in [-0.15, -0.1) is 6.58 Å². The van der Waals surface area contributed by atoms with Gasteiger partial charge in [0, 0.05) is 44.5 Å². The summed E-state index contributed by atoms with van der Waals surface area (Å²) in [7, 11) is 0. The SMILES string of the molecule is C=CCN1C[C@]2(C(=O)O)CN(Cc3cn(CCO)nc3C)C[C@@H]2C1=O. The number of carbonyl (C=O) groups is 2. The van der Waals surface area contributed by atoms with E-state index < -0.39 is 17.3 Å². The predicted octanol–water partition coefficient (Wildman–Crippen LogP) is -0.285. The molecule has 8 heteroatoms. The standard InChI is InChI=1S/C17H24N4O4/c1-3-4-20-11-17(16(24)25)10-19(9-14(17)15(20)23)7-13-8-21(5-6-22)18-12(13)2/h3,8,14,22H,1,4-7,9-11H2,2H3,(H,24,25)/t14-,17-/m1/s1. The summed E-state index contributed by atoms with van der Waals surface area (Å²) in [4.78, 5) is 28.2. The molecule has 8 nitrogen and oxygen atoms in total. The first kappa shape index (κ1) is 17.6. The van der Waals surface area contributed by atoms with Crippen LogP contribution in [-0.4, -0.2) is 74.5 Å². The van der Waals surface area contributed by atoms with Gasteiger partial charge in [-0.05, 0) is 6.92 Å². The van der Waals surface area contributed by atoms with Gasteiger partial charge in [0.15, 0.2) is 0 Å². The molecule has 2 fully saturated rings. The quantitative estimate of drug-likeness (QED) is 0.657. The Bertz CT molecular complexity index is 701. The predicted molar refractivity (Wildman–Crippen MR) is 89.7 cm³/mol. The van der Waals surface area contributed by atoms with Crippen LogP contribution >= 0.6 is 0 Å². The molecule has 1 amide bonds. The zero-order valence-corrected chi connectivity index (χ0v) is 14.4. The molecule has 1 aromatic rings. The third-order valence-corrected chi connectivity index (χ3v) is 5.24. The molecule has 0 aromatic carbocycles. The maximum absolute atomic E-state index is 12.6. The van der Waals surface area contributed by atoms with Gasteiger partial charge in [0.2, 0.25) is 5.91 Å². The van der Waals surface area contributed by atoms with E-state index in [2.05, 4.69) is 11.7 Å². The highest BCUT2D eigenvalue weighted by Gasteiger charge is 2.61. The fraction of sp³-hybridized carbons (Fsp3) is 0.588. The second kappa shape index (κ2) is 6.61. The van der Waals surface area contributed by atoms with Gasteiger partial charge in [0.1, 0.15) is 5.41 Å². The zero-order chi connectivity index (χ0) is 18.2. The molecule has 0 bridgehead atoms. The van der Waals surface area contributed by atoms with Crippen molar-refractivity contribution in [2.24, 2.45) is 11.3 Å². The third-order valence-electron chi connectivity index (χ3n) is 5.24. The van der Waals surface area contributed by atoms with E-state index in [1.54, 1.807) is 15.7 Å². The average molecular weight is 348 g/mol. The van der Waals surface area contributed by atoms with Crippen molar-refractivity contribution in [1.82, 2.24) is 19.6 Å². The van der Waals surface area contributed by atoms with Crippen molar-refractivity contribution >= 4 is 11.9 Å². The number of carboxylic acids is 1. The molecular formula is C17H24N4O4. The number of hydrogen-bond acceptors (Lipinski definition) is 5. The van der Waals surface area contributed by atoms with Crippen molar-refractivity contribution in [2.45, 2.75) is 20.0 Å². The molecule has 0 unspecified atom stereocenters. The summed E-state index contributed by atoms with van der Waals surface area (Å²) in [6.45, 7) is 7.93. The van der Waals surface area contributed by atoms with Gasteiger partial charge in [-0.3, -0.25) is 19.2 Å². The van der Waals surface area contributed by atoms with Crippen molar-refractivity contribution in [3.8, 4) is 0 Å². The Kier molecular flexibility index (Phi) is 4.66. The summed E-state index contributed by atoms with van der Waals surface area (Å²) >= 11 is 0. The topological polar surface area (TPSA) is 98.9 Å². The zero-order valence-electron chi connectivity index (χ0n) is 14.4. The molecule has 2 N–H and O–H groups in total. The number of carboxylic acid groups (broad SMARTS) is 1. The number of aliphatic hydroxyl groups is 1. The highest BCUT2D eigenvalue weighted by Crippen LogP contribution is 2.44. The molecule has 0 radical (unpaired) electrons. The highest BCUT2D eigenvalue weighted by molar-refractivity contribution is 5.92. The molecule has 1 aromatic heterocycles. The van der Waals surface area contributed by atoms with E-state index in [9.17, 15) is 14.7 Å². The minimum atomic E-state index is -1.05. The second-order valence-electron chi connectivity index (χ2n) is 6.92. The maximum atomic E-state index is 12.6. The van der Waals surface area contributed by atoms with Gasteiger partial charge in [-0.1, -0.05) is 6.08 Å². The maximum Gasteiger partial charge on any atom is 0.313 e. The van der Waals surface area contributed by atoms with Crippen LogP contribution in [0, 0.1) is 18.3 Å². The number of likely N-dealkylation sites (tertiary alicyclic amines) is 2. The van der Waals surface area contributed by atoms with Crippen LogP contribution in [0.15, 0.2) is 18.9 Å². The summed E-state index contributed by atoms with van der Waals surface area (Å²) < 4.78 is 1.69. The van der Waals surface area contributed by atoms with Gasteiger partial charge < -0.3 is 15.1 Å². The van der Waals surface area contributed by atoms with Crippen LogP contribution in [0.3, 0.4) is 0 Å². The van der Waals surface area contributed by atoms with E-state index >= 15 is 0 Å². The molecule has 3 heterocycles. The molecule has 25 heavy (non-hydrogen) atoms. The molecule has 2 aliphatic rings. The van der Waals surface area contributed by atoms with Crippen molar-refractivity contribution in [3.05, 3.63) is 30.1 Å². The summed E-state index contributed by atoms with van der Waals surface area (Å²) in [5.41, 5.74) is 0.800. The van der Waals surface area contributed by atoms with Crippen molar-refractivity contribution < 1.29 is 19.8 Å². The van der Waals surface area contributed by atoms with Gasteiger partial charge in [-0.25, -0.2) is 0 Å². The van der Waals surface area contributed by atoms with E-state index in [1.807, 2.05) is 18.0 Å². The van der Waals surface area contributed by atoms with E-state index in [-0.39, 0.29) is 19.1 Å². The fourth-order valence-electron chi connectivity index (χ4n) is 4.01. The number of rotatable bonds is 7. The first-order valence-electron chi connectivity index (χ1n) is 8.40. The number of aliphatic carboxylic acids is 1. The largest absolute Gasteiger partial charge is 0.481 e. The van der Waals surface area contributed by atoms with Crippen LogP contribution in [-0.2, 0) is 22.7 Å². The number of amides is 1. The number of fused-ring (bicyclic) bond motifs is 1. The lowest BCUT2D eigenvalue weighted by Gasteiger charge is -2.24. The molecule has 0 aliphatic carbocycles. The van der Waals surface area contributed by atoms with E-state index in [0.717, 1.165) is 11.3 Å². The molecule has 2 saturated heterocycles. The van der Waals surface area contributed by atoms with Crippen LogP contribution in [0.25, 0.3) is 0 Å². The monoisotopic (exact) mass is 348 g/mol. The van der Waals surface area contributed by atoms with Crippen LogP contribution in [0.4, 0.5) is 0 Å². The number of carbonyl (C=O) groups excluding carboxylic acids is 1. The Morgan fingerprint density at radius 1 is 1.52 bits per heavy atom.